The number of hydrogen-bond donors (Lipinski definition) is 0. The smallest absolute Gasteiger partial charge is 0.130 e. The first-order chi connectivity index (χ1) is 8.62. The number of rotatable bonds is 7. The van der Waals surface area contributed by atoms with Gasteiger partial charge in [-0.25, -0.2) is 0 Å². The summed E-state index contributed by atoms with van der Waals surface area (Å²) in [6.07, 6.45) is 1.21. The molecule has 0 aliphatic heterocycles. The lowest BCUT2D eigenvalue weighted by atomic mass is 10.0. The molecule has 0 N–H and O–H groups in total. The van der Waals surface area contributed by atoms with Gasteiger partial charge in [0, 0.05) is 13.5 Å². The fourth-order valence-corrected chi connectivity index (χ4v) is 1.79. The SMILES string of the molecule is COCc1c(OC)cc(CCC(C)=O)cc1OC. The summed E-state index contributed by atoms with van der Waals surface area (Å²) in [6.45, 7) is 2.02. The summed E-state index contributed by atoms with van der Waals surface area (Å²) in [5.41, 5.74) is 1.91. The van der Waals surface area contributed by atoms with E-state index in [1.807, 2.05) is 12.1 Å². The van der Waals surface area contributed by atoms with Gasteiger partial charge in [-0.15, -0.1) is 0 Å². The van der Waals surface area contributed by atoms with Crippen molar-refractivity contribution in [3.8, 4) is 11.5 Å². The fourth-order valence-electron chi connectivity index (χ4n) is 1.79. The maximum absolute atomic E-state index is 11.0. The Hall–Kier alpha value is -1.55. The van der Waals surface area contributed by atoms with Crippen LogP contribution in [-0.2, 0) is 22.6 Å². The maximum Gasteiger partial charge on any atom is 0.130 e. The lowest BCUT2D eigenvalue weighted by Crippen LogP contribution is -2.01. The molecule has 0 heterocycles. The van der Waals surface area contributed by atoms with Crippen molar-refractivity contribution in [3.05, 3.63) is 23.3 Å². The van der Waals surface area contributed by atoms with Crippen LogP contribution < -0.4 is 9.47 Å². The van der Waals surface area contributed by atoms with Crippen molar-refractivity contribution in [2.45, 2.75) is 26.4 Å². The quantitative estimate of drug-likeness (QED) is 0.747. The first kappa shape index (κ1) is 14.5. The van der Waals surface area contributed by atoms with E-state index in [-0.39, 0.29) is 5.78 Å². The Kier molecular flexibility index (Phi) is 5.65. The summed E-state index contributed by atoms with van der Waals surface area (Å²) in [6, 6.07) is 3.86. The number of hydrogen-bond acceptors (Lipinski definition) is 4. The number of benzene rings is 1. The molecular formula is C14H20O4. The van der Waals surface area contributed by atoms with Crippen molar-refractivity contribution in [1.82, 2.24) is 0 Å². The second-order valence-corrected chi connectivity index (χ2v) is 4.11. The summed E-state index contributed by atoms with van der Waals surface area (Å²) in [4.78, 5) is 11.0. The lowest BCUT2D eigenvalue weighted by Gasteiger charge is -2.14. The van der Waals surface area contributed by atoms with E-state index in [1.165, 1.54) is 0 Å². The molecule has 0 saturated heterocycles. The number of carbonyl (C=O) groups is 1. The third-order valence-corrected chi connectivity index (χ3v) is 2.72. The zero-order chi connectivity index (χ0) is 13.5. The fraction of sp³-hybridized carbons (Fsp3) is 0.500. The Bertz CT molecular complexity index is 387. The van der Waals surface area contributed by atoms with Crippen LogP contribution in [0.3, 0.4) is 0 Å². The molecule has 0 bridgehead atoms. The summed E-state index contributed by atoms with van der Waals surface area (Å²) >= 11 is 0. The van der Waals surface area contributed by atoms with Gasteiger partial charge in [-0.05, 0) is 31.0 Å². The van der Waals surface area contributed by atoms with Crippen LogP contribution in [0.25, 0.3) is 0 Å². The number of aryl methyl sites for hydroxylation is 1. The first-order valence-corrected chi connectivity index (χ1v) is 5.84. The number of ether oxygens (including phenoxy) is 3. The van der Waals surface area contributed by atoms with E-state index < -0.39 is 0 Å². The third-order valence-electron chi connectivity index (χ3n) is 2.72. The van der Waals surface area contributed by atoms with E-state index in [0.29, 0.717) is 19.4 Å². The predicted molar refractivity (Wildman–Crippen MR) is 69.3 cm³/mol. The lowest BCUT2D eigenvalue weighted by molar-refractivity contribution is -0.116. The molecule has 18 heavy (non-hydrogen) atoms. The molecule has 0 aliphatic carbocycles. The van der Waals surface area contributed by atoms with E-state index in [0.717, 1.165) is 22.6 Å². The Morgan fingerprint density at radius 3 is 2.06 bits per heavy atom. The van der Waals surface area contributed by atoms with E-state index in [4.69, 9.17) is 14.2 Å². The zero-order valence-electron chi connectivity index (χ0n) is 11.4. The summed E-state index contributed by atoms with van der Waals surface area (Å²) in [5, 5.41) is 0. The predicted octanol–water partition coefficient (Wildman–Crippen LogP) is 2.37. The normalized spacial score (nSPS) is 10.2. The molecule has 0 atom stereocenters. The van der Waals surface area contributed by atoms with Crippen LogP contribution >= 0.6 is 0 Å². The topological polar surface area (TPSA) is 44.8 Å². The van der Waals surface area contributed by atoms with Crippen molar-refractivity contribution in [1.29, 1.82) is 0 Å². The monoisotopic (exact) mass is 252 g/mol. The summed E-state index contributed by atoms with van der Waals surface area (Å²) in [5.74, 6) is 1.64. The number of carbonyl (C=O) groups excluding carboxylic acids is 1. The average Bonchev–Trinajstić information content (AvgIpc) is 2.37. The van der Waals surface area contributed by atoms with Crippen LogP contribution in [0.2, 0.25) is 0 Å². The van der Waals surface area contributed by atoms with Crippen LogP contribution in [0.15, 0.2) is 12.1 Å². The molecule has 0 amide bonds. The van der Waals surface area contributed by atoms with Gasteiger partial charge in [-0.3, -0.25) is 0 Å². The Balaban J connectivity index is 3.05. The largest absolute Gasteiger partial charge is 0.496 e. The molecule has 1 rings (SSSR count). The second-order valence-electron chi connectivity index (χ2n) is 4.11. The summed E-state index contributed by atoms with van der Waals surface area (Å²) in [7, 11) is 4.86. The van der Waals surface area contributed by atoms with Crippen molar-refractivity contribution in [2.24, 2.45) is 0 Å². The minimum absolute atomic E-state index is 0.175. The Morgan fingerprint density at radius 1 is 1.11 bits per heavy atom. The van der Waals surface area contributed by atoms with Gasteiger partial charge in [0.1, 0.15) is 17.3 Å². The van der Waals surface area contributed by atoms with Gasteiger partial charge in [0.05, 0.1) is 26.4 Å². The Labute approximate surface area is 108 Å². The minimum Gasteiger partial charge on any atom is -0.496 e. The highest BCUT2D eigenvalue weighted by atomic mass is 16.5. The zero-order valence-corrected chi connectivity index (χ0v) is 11.4. The van der Waals surface area contributed by atoms with E-state index in [1.54, 1.807) is 28.3 Å². The number of Topliss-reactive ketones (excluding diaryl/α,β-unsaturated/α-hetero) is 1. The first-order valence-electron chi connectivity index (χ1n) is 5.84. The summed E-state index contributed by atoms with van der Waals surface area (Å²) < 4.78 is 15.8. The van der Waals surface area contributed by atoms with Crippen molar-refractivity contribution in [3.63, 3.8) is 0 Å². The molecule has 0 saturated carbocycles. The third kappa shape index (κ3) is 3.74. The van der Waals surface area contributed by atoms with Crippen molar-refractivity contribution in [2.75, 3.05) is 21.3 Å². The highest BCUT2D eigenvalue weighted by Gasteiger charge is 2.12. The molecule has 0 radical (unpaired) electrons. The van der Waals surface area contributed by atoms with Gasteiger partial charge in [-0.1, -0.05) is 0 Å². The number of ketones is 1. The van der Waals surface area contributed by atoms with Gasteiger partial charge in [0.15, 0.2) is 0 Å². The molecule has 1 aromatic carbocycles. The van der Waals surface area contributed by atoms with Crippen LogP contribution in [0.4, 0.5) is 0 Å². The average molecular weight is 252 g/mol. The minimum atomic E-state index is 0.175. The molecule has 0 aliphatic rings. The standard InChI is InChI=1S/C14H20O4/c1-10(15)5-6-11-7-13(17-3)12(9-16-2)14(8-11)18-4/h7-8H,5-6,9H2,1-4H3. The van der Waals surface area contributed by atoms with Crippen LogP contribution in [-0.4, -0.2) is 27.1 Å². The molecule has 100 valence electrons. The van der Waals surface area contributed by atoms with Gasteiger partial charge >= 0.3 is 0 Å². The number of methoxy groups -OCH3 is 3. The van der Waals surface area contributed by atoms with Crippen molar-refractivity contribution >= 4 is 5.78 Å². The van der Waals surface area contributed by atoms with Gasteiger partial charge in [-0.2, -0.15) is 0 Å². The van der Waals surface area contributed by atoms with E-state index >= 15 is 0 Å². The van der Waals surface area contributed by atoms with Crippen LogP contribution in [0.5, 0.6) is 11.5 Å². The van der Waals surface area contributed by atoms with Gasteiger partial charge in [0.2, 0.25) is 0 Å². The molecule has 0 unspecified atom stereocenters. The van der Waals surface area contributed by atoms with E-state index in [2.05, 4.69) is 0 Å². The molecule has 4 nitrogen and oxygen atoms in total. The van der Waals surface area contributed by atoms with Crippen LogP contribution in [0.1, 0.15) is 24.5 Å². The molecular weight excluding hydrogens is 232 g/mol. The van der Waals surface area contributed by atoms with E-state index in [9.17, 15) is 4.79 Å². The molecule has 0 fully saturated rings. The highest BCUT2D eigenvalue weighted by molar-refractivity contribution is 5.75. The molecule has 0 aromatic heterocycles. The van der Waals surface area contributed by atoms with Crippen molar-refractivity contribution < 1.29 is 19.0 Å². The molecule has 0 spiro atoms. The van der Waals surface area contributed by atoms with Gasteiger partial charge < -0.3 is 19.0 Å². The maximum atomic E-state index is 11.0. The van der Waals surface area contributed by atoms with Gasteiger partial charge in [0.25, 0.3) is 0 Å². The highest BCUT2D eigenvalue weighted by Crippen LogP contribution is 2.31. The second kappa shape index (κ2) is 7.01. The molecule has 4 heteroatoms. The Morgan fingerprint density at radius 2 is 1.67 bits per heavy atom. The van der Waals surface area contributed by atoms with Crippen LogP contribution in [0, 0.1) is 0 Å². The molecule has 1 aromatic rings.